The van der Waals surface area contributed by atoms with Gasteiger partial charge in [-0.3, -0.25) is 0 Å². The van der Waals surface area contributed by atoms with Crippen molar-refractivity contribution in [2.75, 3.05) is 33.3 Å². The second-order valence-electron chi connectivity index (χ2n) is 5.78. The van der Waals surface area contributed by atoms with Crippen molar-refractivity contribution in [2.45, 2.75) is 51.2 Å². The van der Waals surface area contributed by atoms with Crippen LogP contribution in [0.1, 0.15) is 39.0 Å². The maximum Gasteiger partial charge on any atom is 0.0724 e. The lowest BCUT2D eigenvalue weighted by atomic mass is 9.95. The summed E-state index contributed by atoms with van der Waals surface area (Å²) in [6, 6.07) is 0.865. The van der Waals surface area contributed by atoms with E-state index >= 15 is 0 Å². The van der Waals surface area contributed by atoms with Crippen LogP contribution in [0.4, 0.5) is 0 Å². The Kier molecular flexibility index (Phi) is 5.26. The molecule has 3 heteroatoms. The summed E-state index contributed by atoms with van der Waals surface area (Å²) in [5.41, 5.74) is 0. The topological polar surface area (TPSA) is 24.5 Å². The summed E-state index contributed by atoms with van der Waals surface area (Å²) in [5, 5.41) is 3.58. The maximum absolute atomic E-state index is 5.55. The molecule has 1 saturated carbocycles. The molecule has 1 aliphatic heterocycles. The fourth-order valence-corrected chi connectivity index (χ4v) is 2.66. The number of nitrogens with zero attached hydrogens (tertiary/aromatic N) is 1. The summed E-state index contributed by atoms with van der Waals surface area (Å²) in [6.07, 6.45) is 7.19. The van der Waals surface area contributed by atoms with E-state index in [0.29, 0.717) is 6.10 Å². The van der Waals surface area contributed by atoms with Crippen molar-refractivity contribution >= 4 is 0 Å². The minimum absolute atomic E-state index is 0.452. The molecule has 1 heterocycles. The van der Waals surface area contributed by atoms with Crippen LogP contribution in [-0.2, 0) is 4.74 Å². The molecule has 0 aromatic carbocycles. The van der Waals surface area contributed by atoms with Crippen LogP contribution in [0.2, 0.25) is 0 Å². The minimum Gasteiger partial charge on any atom is -0.380 e. The van der Waals surface area contributed by atoms with Crippen LogP contribution in [0, 0.1) is 5.92 Å². The molecule has 0 amide bonds. The third kappa shape index (κ3) is 4.57. The molecule has 0 bridgehead atoms. The highest BCUT2D eigenvalue weighted by atomic mass is 16.5. The minimum atomic E-state index is 0.452. The average molecular weight is 240 g/mol. The lowest BCUT2D eigenvalue weighted by Gasteiger charge is -2.36. The van der Waals surface area contributed by atoms with Gasteiger partial charge in [-0.1, -0.05) is 6.92 Å². The number of nitrogens with one attached hydrogen (secondary N) is 1. The van der Waals surface area contributed by atoms with Crippen LogP contribution < -0.4 is 5.32 Å². The van der Waals surface area contributed by atoms with E-state index < -0.39 is 0 Å². The van der Waals surface area contributed by atoms with Crippen molar-refractivity contribution in [2.24, 2.45) is 5.92 Å². The van der Waals surface area contributed by atoms with E-state index in [0.717, 1.165) is 18.5 Å². The third-order valence-corrected chi connectivity index (χ3v) is 4.19. The van der Waals surface area contributed by atoms with E-state index in [1.165, 1.54) is 51.7 Å². The summed E-state index contributed by atoms with van der Waals surface area (Å²) < 4.78 is 5.55. The number of rotatable bonds is 7. The van der Waals surface area contributed by atoms with Gasteiger partial charge in [0.25, 0.3) is 0 Å². The second-order valence-corrected chi connectivity index (χ2v) is 5.78. The molecule has 1 aliphatic carbocycles. The van der Waals surface area contributed by atoms with Crippen molar-refractivity contribution in [3.8, 4) is 0 Å². The van der Waals surface area contributed by atoms with Gasteiger partial charge in [-0.05, 0) is 57.7 Å². The highest BCUT2D eigenvalue weighted by Gasteiger charge is 2.25. The second kappa shape index (κ2) is 6.72. The normalized spacial score (nSPS) is 30.7. The Morgan fingerprint density at radius 1 is 1.24 bits per heavy atom. The van der Waals surface area contributed by atoms with Crippen molar-refractivity contribution in [3.05, 3.63) is 0 Å². The summed E-state index contributed by atoms with van der Waals surface area (Å²) in [4.78, 5) is 2.57. The zero-order chi connectivity index (χ0) is 12.1. The SMILES string of the molecule is COC1CN(CCCCNC2CC2)CCC1C. The Morgan fingerprint density at radius 3 is 2.76 bits per heavy atom. The fourth-order valence-electron chi connectivity index (χ4n) is 2.66. The van der Waals surface area contributed by atoms with E-state index in [4.69, 9.17) is 4.74 Å². The van der Waals surface area contributed by atoms with Crippen LogP contribution in [-0.4, -0.2) is 50.3 Å². The standard InChI is InChI=1S/C14H28N2O/c1-12-7-10-16(11-14(12)17-2)9-4-3-8-15-13-5-6-13/h12-15H,3-11H2,1-2H3. The van der Waals surface area contributed by atoms with Gasteiger partial charge in [0.2, 0.25) is 0 Å². The first-order valence-corrected chi connectivity index (χ1v) is 7.28. The maximum atomic E-state index is 5.55. The van der Waals surface area contributed by atoms with Gasteiger partial charge in [0.15, 0.2) is 0 Å². The Morgan fingerprint density at radius 2 is 2.06 bits per heavy atom. The Labute approximate surface area is 106 Å². The zero-order valence-corrected chi connectivity index (χ0v) is 11.5. The molecule has 0 radical (unpaired) electrons. The Bertz CT molecular complexity index is 218. The first-order valence-electron chi connectivity index (χ1n) is 7.28. The molecule has 2 aliphatic rings. The first-order chi connectivity index (χ1) is 8.29. The molecular formula is C14H28N2O. The molecule has 0 spiro atoms. The lowest BCUT2D eigenvalue weighted by Crippen LogP contribution is -2.44. The highest BCUT2D eigenvalue weighted by Crippen LogP contribution is 2.20. The molecule has 3 nitrogen and oxygen atoms in total. The predicted octanol–water partition coefficient (Wildman–Crippen LogP) is 1.88. The molecule has 1 saturated heterocycles. The van der Waals surface area contributed by atoms with Crippen LogP contribution in [0.15, 0.2) is 0 Å². The first kappa shape index (κ1) is 13.3. The fraction of sp³-hybridized carbons (Fsp3) is 1.00. The molecular weight excluding hydrogens is 212 g/mol. The number of likely N-dealkylation sites (tertiary alicyclic amines) is 1. The number of piperidine rings is 1. The molecule has 2 rings (SSSR count). The van der Waals surface area contributed by atoms with Crippen molar-refractivity contribution in [1.29, 1.82) is 0 Å². The summed E-state index contributed by atoms with van der Waals surface area (Å²) in [5.74, 6) is 0.729. The van der Waals surface area contributed by atoms with E-state index in [2.05, 4.69) is 17.1 Å². The number of hydrogen-bond acceptors (Lipinski definition) is 3. The summed E-state index contributed by atoms with van der Waals surface area (Å²) in [7, 11) is 1.85. The summed E-state index contributed by atoms with van der Waals surface area (Å²) >= 11 is 0. The molecule has 0 aromatic rings. The Balaban J connectivity index is 1.52. The van der Waals surface area contributed by atoms with E-state index in [1.807, 2.05) is 7.11 Å². The quantitative estimate of drug-likeness (QED) is 0.688. The van der Waals surface area contributed by atoms with Crippen molar-refractivity contribution < 1.29 is 4.74 Å². The zero-order valence-electron chi connectivity index (χ0n) is 11.5. The number of unbranched alkanes of at least 4 members (excludes halogenated alkanes) is 1. The molecule has 2 unspecified atom stereocenters. The highest BCUT2D eigenvalue weighted by molar-refractivity contribution is 4.81. The van der Waals surface area contributed by atoms with Gasteiger partial charge in [-0.2, -0.15) is 0 Å². The largest absolute Gasteiger partial charge is 0.380 e. The van der Waals surface area contributed by atoms with Gasteiger partial charge in [0.05, 0.1) is 6.10 Å². The Hall–Kier alpha value is -0.120. The molecule has 17 heavy (non-hydrogen) atoms. The number of methoxy groups -OCH3 is 1. The van der Waals surface area contributed by atoms with Gasteiger partial charge in [-0.25, -0.2) is 0 Å². The van der Waals surface area contributed by atoms with Gasteiger partial charge < -0.3 is 15.0 Å². The van der Waals surface area contributed by atoms with Crippen molar-refractivity contribution in [3.63, 3.8) is 0 Å². The van der Waals surface area contributed by atoms with Crippen LogP contribution in [0.5, 0.6) is 0 Å². The molecule has 2 fully saturated rings. The smallest absolute Gasteiger partial charge is 0.0724 e. The van der Waals surface area contributed by atoms with Gasteiger partial charge >= 0.3 is 0 Å². The van der Waals surface area contributed by atoms with Crippen LogP contribution in [0.25, 0.3) is 0 Å². The monoisotopic (exact) mass is 240 g/mol. The lowest BCUT2D eigenvalue weighted by molar-refractivity contribution is -0.00521. The van der Waals surface area contributed by atoms with Crippen molar-refractivity contribution in [1.82, 2.24) is 10.2 Å². The predicted molar refractivity (Wildman–Crippen MR) is 71.3 cm³/mol. The molecule has 0 aromatic heterocycles. The molecule has 100 valence electrons. The van der Waals surface area contributed by atoms with E-state index in [-0.39, 0.29) is 0 Å². The summed E-state index contributed by atoms with van der Waals surface area (Å²) in [6.45, 7) is 7.16. The van der Waals surface area contributed by atoms with E-state index in [9.17, 15) is 0 Å². The van der Waals surface area contributed by atoms with Crippen LogP contribution >= 0.6 is 0 Å². The van der Waals surface area contributed by atoms with Gasteiger partial charge in [-0.15, -0.1) is 0 Å². The average Bonchev–Trinajstić information content (AvgIpc) is 3.15. The molecule has 1 N–H and O–H groups in total. The number of hydrogen-bond donors (Lipinski definition) is 1. The molecule has 2 atom stereocenters. The number of ether oxygens (including phenoxy) is 1. The van der Waals surface area contributed by atoms with Gasteiger partial charge in [0.1, 0.15) is 0 Å². The third-order valence-electron chi connectivity index (χ3n) is 4.19. The van der Waals surface area contributed by atoms with Gasteiger partial charge in [0, 0.05) is 19.7 Å². The van der Waals surface area contributed by atoms with Crippen LogP contribution in [0.3, 0.4) is 0 Å². The van der Waals surface area contributed by atoms with E-state index in [1.54, 1.807) is 0 Å².